The van der Waals surface area contributed by atoms with Crippen LogP contribution in [-0.2, 0) is 6.54 Å². The summed E-state index contributed by atoms with van der Waals surface area (Å²) in [5, 5.41) is 9.46. The maximum absolute atomic E-state index is 12.3. The number of aromatic nitrogens is 4. The molecule has 0 aliphatic rings. The molecule has 4 aromatic rings. The number of pyridine rings is 1. The first-order valence-corrected chi connectivity index (χ1v) is 9.39. The van der Waals surface area contributed by atoms with Gasteiger partial charge in [-0.15, -0.1) is 12.4 Å². The van der Waals surface area contributed by atoms with E-state index in [1.54, 1.807) is 16.8 Å². The number of halogens is 1. The van der Waals surface area contributed by atoms with Crippen molar-refractivity contribution >= 4 is 17.9 Å². The van der Waals surface area contributed by atoms with E-state index in [9.17, 15) is 4.79 Å². The quantitative estimate of drug-likeness (QED) is 0.488. The number of hydrogen-bond donors (Lipinski definition) is 0. The van der Waals surface area contributed by atoms with Crippen molar-refractivity contribution in [2.24, 2.45) is 0 Å². The van der Waals surface area contributed by atoms with Crippen LogP contribution in [0.3, 0.4) is 0 Å². The largest absolute Gasteiger partial charge is 0.309 e. The first-order valence-electron chi connectivity index (χ1n) is 9.39. The van der Waals surface area contributed by atoms with E-state index >= 15 is 0 Å². The lowest BCUT2D eigenvalue weighted by molar-refractivity contribution is 0.377. The molecular weight excluding hydrogens is 386 g/mol. The average Bonchev–Trinajstić information content (AvgIpc) is 3.09. The summed E-state index contributed by atoms with van der Waals surface area (Å²) in [5.74, 6) is 0. The van der Waals surface area contributed by atoms with Gasteiger partial charge in [-0.25, -0.2) is 9.20 Å². The molecule has 0 unspecified atom stereocenters. The number of rotatable bonds is 6. The molecule has 0 atom stereocenters. The highest BCUT2D eigenvalue weighted by Gasteiger charge is 2.18. The molecule has 0 aliphatic carbocycles. The molecule has 29 heavy (non-hydrogen) atoms. The third-order valence-corrected chi connectivity index (χ3v) is 4.69. The van der Waals surface area contributed by atoms with Crippen molar-refractivity contribution in [1.82, 2.24) is 24.3 Å². The summed E-state index contributed by atoms with van der Waals surface area (Å²) in [5.41, 5.74) is 4.45. The van der Waals surface area contributed by atoms with Gasteiger partial charge in [-0.05, 0) is 45.3 Å². The molecule has 0 spiro atoms. The Balaban J connectivity index is 0.00000240. The maximum atomic E-state index is 12.3. The minimum absolute atomic E-state index is 0. The van der Waals surface area contributed by atoms with Crippen LogP contribution in [0.5, 0.6) is 0 Å². The predicted molar refractivity (Wildman–Crippen MR) is 119 cm³/mol. The van der Waals surface area contributed by atoms with Crippen LogP contribution in [0.15, 0.2) is 71.7 Å². The Bertz CT molecular complexity index is 1150. The fraction of sp³-hybridized carbons (Fsp3) is 0.227. The van der Waals surface area contributed by atoms with Gasteiger partial charge in [-0.2, -0.15) is 10.2 Å². The number of fused-ring (bicyclic) bond motifs is 1. The fourth-order valence-electron chi connectivity index (χ4n) is 3.33. The molecule has 0 saturated carbocycles. The van der Waals surface area contributed by atoms with Gasteiger partial charge in [0.15, 0.2) is 0 Å². The highest BCUT2D eigenvalue weighted by molar-refractivity contribution is 5.90. The molecule has 0 amide bonds. The van der Waals surface area contributed by atoms with Gasteiger partial charge in [-0.1, -0.05) is 36.4 Å². The first-order chi connectivity index (χ1) is 13.6. The summed E-state index contributed by atoms with van der Waals surface area (Å²) in [6.07, 6.45) is 2.79. The molecule has 3 aromatic heterocycles. The van der Waals surface area contributed by atoms with E-state index in [2.05, 4.69) is 10.00 Å². The van der Waals surface area contributed by atoms with Gasteiger partial charge in [-0.3, -0.25) is 4.79 Å². The molecule has 0 N–H and O–H groups in total. The molecule has 6 nitrogen and oxygen atoms in total. The van der Waals surface area contributed by atoms with Gasteiger partial charge in [0.05, 0.1) is 16.8 Å². The van der Waals surface area contributed by atoms with Crippen molar-refractivity contribution in [1.29, 1.82) is 0 Å². The molecule has 4 rings (SSSR count). The normalized spacial score (nSPS) is 11.0. The summed E-state index contributed by atoms with van der Waals surface area (Å²) in [6.45, 7) is 1.50. The van der Waals surface area contributed by atoms with Crippen molar-refractivity contribution < 1.29 is 0 Å². The van der Waals surface area contributed by atoms with Gasteiger partial charge in [0.25, 0.3) is 5.56 Å². The third kappa shape index (κ3) is 4.39. The second kappa shape index (κ2) is 9.03. The molecule has 3 heterocycles. The van der Waals surface area contributed by atoms with Crippen LogP contribution in [-0.4, -0.2) is 44.9 Å². The van der Waals surface area contributed by atoms with Crippen LogP contribution in [0.25, 0.3) is 28.0 Å². The molecule has 0 radical (unpaired) electrons. The molecule has 0 aliphatic heterocycles. The third-order valence-electron chi connectivity index (χ3n) is 4.69. The Labute approximate surface area is 175 Å². The average molecular weight is 410 g/mol. The summed E-state index contributed by atoms with van der Waals surface area (Å²) in [4.78, 5) is 14.4. The molecule has 0 fully saturated rings. The van der Waals surface area contributed by atoms with Gasteiger partial charge in [0.1, 0.15) is 5.69 Å². The summed E-state index contributed by atoms with van der Waals surface area (Å²) in [7, 11) is 4.05. The topological polar surface area (TPSA) is 55.4 Å². The second-order valence-electron chi connectivity index (χ2n) is 7.06. The molecule has 7 heteroatoms. The van der Waals surface area contributed by atoms with Crippen LogP contribution in [0.1, 0.15) is 6.42 Å². The van der Waals surface area contributed by atoms with Crippen molar-refractivity contribution in [3.05, 3.63) is 77.2 Å². The van der Waals surface area contributed by atoms with E-state index in [1.165, 1.54) is 0 Å². The standard InChI is InChI=1S/C22H23N5O.ClH/c1-25(2)14-8-16-27-20(28)13-12-18(23-27)21-19-11-6-7-15-26(19)24-22(21)17-9-4-3-5-10-17;/h3-7,9-13,15H,8,14,16H2,1-2H3;1H. The lowest BCUT2D eigenvalue weighted by atomic mass is 10.0. The van der Waals surface area contributed by atoms with E-state index in [0.717, 1.165) is 41.0 Å². The number of benzene rings is 1. The Hall–Kier alpha value is -2.96. The van der Waals surface area contributed by atoms with Crippen LogP contribution in [0.2, 0.25) is 0 Å². The summed E-state index contributed by atoms with van der Waals surface area (Å²) in [6, 6.07) is 19.4. The highest BCUT2D eigenvalue weighted by Crippen LogP contribution is 2.33. The Morgan fingerprint density at radius 2 is 1.69 bits per heavy atom. The molecule has 0 bridgehead atoms. The number of aryl methyl sites for hydroxylation is 1. The molecule has 150 valence electrons. The second-order valence-corrected chi connectivity index (χ2v) is 7.06. The van der Waals surface area contributed by atoms with Gasteiger partial charge in [0, 0.05) is 24.4 Å². The number of nitrogens with zero attached hydrogens (tertiary/aromatic N) is 5. The molecular formula is C22H24ClN5O. The maximum Gasteiger partial charge on any atom is 0.266 e. The zero-order chi connectivity index (χ0) is 19.5. The minimum atomic E-state index is -0.0831. The van der Waals surface area contributed by atoms with Gasteiger partial charge in [0.2, 0.25) is 0 Å². The van der Waals surface area contributed by atoms with Crippen molar-refractivity contribution in [3.8, 4) is 22.5 Å². The Morgan fingerprint density at radius 1 is 0.931 bits per heavy atom. The van der Waals surface area contributed by atoms with E-state index in [-0.39, 0.29) is 18.0 Å². The Morgan fingerprint density at radius 3 is 2.45 bits per heavy atom. The zero-order valence-corrected chi connectivity index (χ0v) is 17.3. The fourth-order valence-corrected chi connectivity index (χ4v) is 3.33. The first kappa shape index (κ1) is 20.8. The Kier molecular flexibility index (Phi) is 6.46. The monoisotopic (exact) mass is 409 g/mol. The molecule has 0 saturated heterocycles. The smallest absolute Gasteiger partial charge is 0.266 e. The minimum Gasteiger partial charge on any atom is -0.309 e. The zero-order valence-electron chi connectivity index (χ0n) is 16.5. The van der Waals surface area contributed by atoms with E-state index < -0.39 is 0 Å². The lowest BCUT2D eigenvalue weighted by Crippen LogP contribution is -2.24. The van der Waals surface area contributed by atoms with Crippen molar-refractivity contribution in [2.75, 3.05) is 20.6 Å². The number of hydrogen-bond acceptors (Lipinski definition) is 4. The summed E-state index contributed by atoms with van der Waals surface area (Å²) >= 11 is 0. The molecule has 1 aromatic carbocycles. The van der Waals surface area contributed by atoms with Gasteiger partial charge < -0.3 is 4.90 Å². The van der Waals surface area contributed by atoms with Crippen LogP contribution in [0.4, 0.5) is 0 Å². The van der Waals surface area contributed by atoms with Crippen molar-refractivity contribution in [3.63, 3.8) is 0 Å². The van der Waals surface area contributed by atoms with Crippen LogP contribution < -0.4 is 5.56 Å². The lowest BCUT2D eigenvalue weighted by Gasteiger charge is -2.11. The predicted octanol–water partition coefficient (Wildman–Crippen LogP) is 3.60. The van der Waals surface area contributed by atoms with E-state index in [4.69, 9.17) is 5.10 Å². The summed E-state index contributed by atoms with van der Waals surface area (Å²) < 4.78 is 3.42. The van der Waals surface area contributed by atoms with Crippen molar-refractivity contribution in [2.45, 2.75) is 13.0 Å². The van der Waals surface area contributed by atoms with Crippen LogP contribution >= 0.6 is 12.4 Å². The SMILES string of the molecule is CN(C)CCCn1nc(-c2c(-c3ccccc3)nn3ccccc23)ccc1=O.Cl. The highest BCUT2D eigenvalue weighted by atomic mass is 35.5. The van der Waals surface area contributed by atoms with E-state index in [1.807, 2.05) is 73.3 Å². The van der Waals surface area contributed by atoms with Crippen LogP contribution in [0, 0.1) is 0 Å². The van der Waals surface area contributed by atoms with E-state index in [0.29, 0.717) is 6.54 Å². The van der Waals surface area contributed by atoms with Gasteiger partial charge >= 0.3 is 0 Å².